The predicted molar refractivity (Wildman–Crippen MR) is 132 cm³/mol. The van der Waals surface area contributed by atoms with Crippen molar-refractivity contribution in [2.45, 2.75) is 24.5 Å². The topological polar surface area (TPSA) is 86.2 Å². The molecule has 0 radical (unpaired) electrons. The standard InChI is InChI=1S/C26H24N4O3S/c31-25(32)24(28-33-22-16-17-22)30-18-23(34-29-30)27-26(19-10-4-1-5-11-19,20-12-6-2-7-13-20)21-14-8-3-9-15-21/h1-15,18,22,27,29H,16-17H2,(H,31,32)/b28-24+. The van der Waals surface area contributed by atoms with Crippen molar-refractivity contribution in [2.75, 3.05) is 0 Å². The van der Waals surface area contributed by atoms with Gasteiger partial charge in [0.25, 0.3) is 5.84 Å². The van der Waals surface area contributed by atoms with E-state index in [2.05, 4.69) is 51.7 Å². The Bertz CT molecular complexity index is 1100. The molecule has 34 heavy (non-hydrogen) atoms. The quantitative estimate of drug-likeness (QED) is 0.154. The highest BCUT2D eigenvalue weighted by Crippen LogP contribution is 2.39. The Morgan fingerprint density at radius 3 is 1.88 bits per heavy atom. The van der Waals surface area contributed by atoms with Gasteiger partial charge in [-0.3, -0.25) is 0 Å². The summed E-state index contributed by atoms with van der Waals surface area (Å²) in [4.78, 5) is 20.1. The second-order valence-corrected chi connectivity index (χ2v) is 8.88. The highest BCUT2D eigenvalue weighted by Gasteiger charge is 2.38. The molecule has 2 aliphatic rings. The minimum atomic E-state index is -1.17. The summed E-state index contributed by atoms with van der Waals surface area (Å²) in [7, 11) is 0. The molecule has 1 heterocycles. The Morgan fingerprint density at radius 1 is 0.941 bits per heavy atom. The van der Waals surface area contributed by atoms with Gasteiger partial charge < -0.3 is 15.3 Å². The van der Waals surface area contributed by atoms with Crippen LogP contribution in [-0.4, -0.2) is 28.0 Å². The Kier molecular flexibility index (Phi) is 6.24. The number of carboxylic acid groups (broad SMARTS) is 1. The summed E-state index contributed by atoms with van der Waals surface area (Å²) in [6, 6.07) is 30.6. The van der Waals surface area contributed by atoms with Crippen LogP contribution in [0.1, 0.15) is 29.5 Å². The summed E-state index contributed by atoms with van der Waals surface area (Å²) in [5.41, 5.74) is 2.44. The summed E-state index contributed by atoms with van der Waals surface area (Å²) in [6.07, 6.45) is 3.49. The number of carboxylic acids is 1. The van der Waals surface area contributed by atoms with Crippen LogP contribution in [0.15, 0.2) is 107 Å². The third kappa shape index (κ3) is 4.50. The van der Waals surface area contributed by atoms with Gasteiger partial charge in [0, 0.05) is 0 Å². The highest BCUT2D eigenvalue weighted by atomic mass is 32.2. The number of amidine groups is 1. The molecule has 5 rings (SSSR count). The van der Waals surface area contributed by atoms with Gasteiger partial charge in [-0.1, -0.05) is 96.2 Å². The molecular weight excluding hydrogens is 448 g/mol. The monoisotopic (exact) mass is 472 g/mol. The molecule has 1 fully saturated rings. The number of oxime groups is 1. The number of aliphatic carboxylic acids is 1. The summed E-state index contributed by atoms with van der Waals surface area (Å²) in [5, 5.41) is 19.3. The molecule has 0 bridgehead atoms. The number of nitrogens with one attached hydrogen (secondary N) is 2. The van der Waals surface area contributed by atoms with E-state index in [4.69, 9.17) is 4.84 Å². The number of benzene rings is 3. The van der Waals surface area contributed by atoms with Crippen molar-refractivity contribution in [2.24, 2.45) is 5.16 Å². The van der Waals surface area contributed by atoms with Crippen molar-refractivity contribution in [3.05, 3.63) is 119 Å². The van der Waals surface area contributed by atoms with Gasteiger partial charge in [0.1, 0.15) is 16.7 Å². The number of hydrogen-bond donors (Lipinski definition) is 3. The van der Waals surface area contributed by atoms with Crippen LogP contribution >= 0.6 is 11.9 Å². The normalized spacial score (nSPS) is 16.2. The van der Waals surface area contributed by atoms with Crippen LogP contribution in [0.3, 0.4) is 0 Å². The largest absolute Gasteiger partial charge is 0.475 e. The first kappa shape index (κ1) is 22.1. The SMILES string of the molecule is O=C(O)/C(=N\OC1CC1)N1C=C(NC(c2ccccc2)(c2ccccc2)c2ccccc2)SN1. The first-order valence-corrected chi connectivity index (χ1v) is 11.8. The molecular formula is C26H24N4O3S. The lowest BCUT2D eigenvalue weighted by molar-refractivity contribution is -0.130. The molecule has 8 heteroatoms. The van der Waals surface area contributed by atoms with Gasteiger partial charge in [-0.15, -0.1) is 0 Å². The van der Waals surface area contributed by atoms with Crippen LogP contribution < -0.4 is 10.1 Å². The third-order valence-electron chi connectivity index (χ3n) is 5.66. The van der Waals surface area contributed by atoms with Gasteiger partial charge in [-0.05, 0) is 41.5 Å². The Labute approximate surface area is 202 Å². The van der Waals surface area contributed by atoms with E-state index in [-0.39, 0.29) is 11.9 Å². The van der Waals surface area contributed by atoms with Gasteiger partial charge in [-0.25, -0.2) is 9.80 Å². The van der Waals surface area contributed by atoms with Gasteiger partial charge >= 0.3 is 5.97 Å². The molecule has 0 saturated heterocycles. The van der Waals surface area contributed by atoms with Crippen molar-refractivity contribution in [1.82, 2.24) is 15.2 Å². The lowest BCUT2D eigenvalue weighted by atomic mass is 9.77. The van der Waals surface area contributed by atoms with Crippen LogP contribution in [0.25, 0.3) is 0 Å². The minimum Gasteiger partial charge on any atom is -0.475 e. The van der Waals surface area contributed by atoms with Crippen LogP contribution in [0, 0.1) is 0 Å². The van der Waals surface area contributed by atoms with E-state index in [1.807, 2.05) is 54.6 Å². The lowest BCUT2D eigenvalue weighted by Crippen LogP contribution is -2.43. The Hall–Kier alpha value is -3.75. The molecule has 3 aromatic carbocycles. The zero-order chi connectivity index (χ0) is 23.4. The first-order chi connectivity index (χ1) is 16.7. The Morgan fingerprint density at radius 2 is 1.44 bits per heavy atom. The highest BCUT2D eigenvalue weighted by molar-refractivity contribution is 8.01. The van der Waals surface area contributed by atoms with Crippen molar-refractivity contribution >= 4 is 23.8 Å². The van der Waals surface area contributed by atoms with E-state index in [1.165, 1.54) is 17.0 Å². The molecule has 0 spiro atoms. The van der Waals surface area contributed by atoms with Gasteiger partial charge in [0.15, 0.2) is 0 Å². The molecule has 0 aromatic heterocycles. The molecule has 7 nitrogen and oxygen atoms in total. The molecule has 0 amide bonds. The number of hydrogen-bond acceptors (Lipinski definition) is 6. The molecule has 3 aromatic rings. The number of carbonyl (C=O) groups is 1. The van der Waals surface area contributed by atoms with E-state index >= 15 is 0 Å². The molecule has 172 valence electrons. The molecule has 0 atom stereocenters. The van der Waals surface area contributed by atoms with Crippen molar-refractivity contribution in [3.63, 3.8) is 0 Å². The van der Waals surface area contributed by atoms with Crippen molar-refractivity contribution in [3.8, 4) is 0 Å². The maximum absolute atomic E-state index is 11.8. The maximum Gasteiger partial charge on any atom is 0.377 e. The lowest BCUT2D eigenvalue weighted by Gasteiger charge is -2.37. The third-order valence-corrected chi connectivity index (χ3v) is 6.38. The zero-order valence-corrected chi connectivity index (χ0v) is 19.1. The second kappa shape index (κ2) is 9.62. The molecule has 1 aliphatic heterocycles. The fraction of sp³-hybridized carbons (Fsp3) is 0.154. The fourth-order valence-corrected chi connectivity index (χ4v) is 4.58. The van der Waals surface area contributed by atoms with Crippen LogP contribution in [0.4, 0.5) is 0 Å². The van der Waals surface area contributed by atoms with E-state index in [0.717, 1.165) is 34.6 Å². The second-order valence-electron chi connectivity index (χ2n) is 8.05. The van der Waals surface area contributed by atoms with Crippen LogP contribution in [-0.2, 0) is 15.2 Å². The number of nitrogens with zero attached hydrogens (tertiary/aromatic N) is 2. The molecule has 3 N–H and O–H groups in total. The first-order valence-electron chi connectivity index (χ1n) is 11.0. The molecule has 1 aliphatic carbocycles. The van der Waals surface area contributed by atoms with Gasteiger partial charge in [-0.2, -0.15) is 4.83 Å². The number of hydrazine groups is 1. The van der Waals surface area contributed by atoms with E-state index in [9.17, 15) is 9.90 Å². The number of rotatable bonds is 7. The van der Waals surface area contributed by atoms with E-state index in [1.54, 1.807) is 6.20 Å². The maximum atomic E-state index is 11.8. The van der Waals surface area contributed by atoms with Crippen molar-refractivity contribution < 1.29 is 14.7 Å². The van der Waals surface area contributed by atoms with Gasteiger partial charge in [0.2, 0.25) is 0 Å². The van der Waals surface area contributed by atoms with Gasteiger partial charge in [0.05, 0.1) is 6.20 Å². The summed E-state index contributed by atoms with van der Waals surface area (Å²) < 4.78 is 0. The van der Waals surface area contributed by atoms with Crippen molar-refractivity contribution in [1.29, 1.82) is 0 Å². The average molecular weight is 473 g/mol. The van der Waals surface area contributed by atoms with E-state index in [0.29, 0.717) is 0 Å². The summed E-state index contributed by atoms with van der Waals surface area (Å²) in [5.74, 6) is -1.40. The zero-order valence-electron chi connectivity index (χ0n) is 18.3. The average Bonchev–Trinajstić information content (AvgIpc) is 3.60. The summed E-state index contributed by atoms with van der Waals surface area (Å²) >= 11 is 1.28. The molecule has 0 unspecified atom stereocenters. The summed E-state index contributed by atoms with van der Waals surface area (Å²) in [6.45, 7) is 0. The Balaban J connectivity index is 1.57. The smallest absolute Gasteiger partial charge is 0.377 e. The minimum absolute atomic E-state index is 0.00747. The predicted octanol–water partition coefficient (Wildman–Crippen LogP) is 4.41. The molecule has 1 saturated carbocycles. The van der Waals surface area contributed by atoms with Crippen LogP contribution in [0.5, 0.6) is 0 Å². The fourth-order valence-electron chi connectivity index (χ4n) is 3.88. The van der Waals surface area contributed by atoms with E-state index < -0.39 is 11.5 Å². The van der Waals surface area contributed by atoms with Crippen LogP contribution in [0.2, 0.25) is 0 Å².